The van der Waals surface area contributed by atoms with Crippen LogP contribution >= 0.6 is 0 Å². The van der Waals surface area contributed by atoms with E-state index < -0.39 is 0 Å². The molecule has 0 fully saturated rings. The van der Waals surface area contributed by atoms with Crippen LogP contribution in [0.1, 0.15) is 25.6 Å². The lowest BCUT2D eigenvalue weighted by atomic mass is 10.1. The Hall–Kier alpha value is -3.02. The zero-order chi connectivity index (χ0) is 16.7. The summed E-state index contributed by atoms with van der Waals surface area (Å²) in [5.74, 6) is 1.61. The number of nitrogens with zero attached hydrogens (tertiary/aromatic N) is 3. The van der Waals surface area contributed by atoms with Crippen molar-refractivity contribution in [3.05, 3.63) is 54.1 Å². The summed E-state index contributed by atoms with van der Waals surface area (Å²) < 4.78 is 13.1. The number of H-pyrrole nitrogens is 2. The smallest absolute Gasteiger partial charge is 0.161 e. The molecule has 2 N–H and O–H groups in total. The first-order valence-electron chi connectivity index (χ1n) is 7.79. The Kier molecular flexibility index (Phi) is 3.37. The molecule has 0 atom stereocenters. The van der Waals surface area contributed by atoms with Crippen LogP contribution < -0.4 is 0 Å². The number of nitrogens with one attached hydrogen (secondary N) is 2. The minimum absolute atomic E-state index is 0.262. The lowest BCUT2D eigenvalue weighted by Crippen LogP contribution is -1.89. The average Bonchev–Trinajstić information content (AvgIpc) is 3.22. The molecule has 0 unspecified atom stereocenters. The summed E-state index contributed by atoms with van der Waals surface area (Å²) in [6.45, 7) is 4.13. The Labute approximate surface area is 138 Å². The summed E-state index contributed by atoms with van der Waals surface area (Å²) in [5.41, 5.74) is 3.50. The fourth-order valence-corrected chi connectivity index (χ4v) is 2.65. The number of benzene rings is 2. The van der Waals surface area contributed by atoms with Gasteiger partial charge in [-0.2, -0.15) is 5.10 Å². The Morgan fingerprint density at radius 1 is 0.958 bits per heavy atom. The third kappa shape index (κ3) is 2.46. The predicted octanol–water partition coefficient (Wildman–Crippen LogP) is 4.28. The van der Waals surface area contributed by atoms with Gasteiger partial charge in [0.2, 0.25) is 0 Å². The van der Waals surface area contributed by atoms with E-state index in [0.717, 1.165) is 39.4 Å². The minimum atomic E-state index is -0.262. The number of rotatable bonds is 3. The fraction of sp³-hybridized carbons (Fsp3) is 0.167. The molecular formula is C18H16FN5. The molecule has 0 aliphatic carbocycles. The standard InChI is InChI=1S/C18H16FN5/c1-10(2)17-20-18(24-23-17)12-5-8-15-14(9-12)16(22-21-15)11-3-6-13(19)7-4-11/h3-10H,1-2H3,(H,21,22)(H,20,23,24). The van der Waals surface area contributed by atoms with Crippen LogP contribution in [0.4, 0.5) is 4.39 Å². The zero-order valence-electron chi connectivity index (χ0n) is 13.3. The van der Waals surface area contributed by atoms with Crippen molar-refractivity contribution in [1.82, 2.24) is 25.4 Å². The average molecular weight is 321 g/mol. The van der Waals surface area contributed by atoms with Crippen LogP contribution in [0.25, 0.3) is 33.5 Å². The SMILES string of the molecule is CC(C)c1nnc(-c2ccc3[nH]nc(-c4ccc(F)cc4)c3c2)[nH]1. The maximum absolute atomic E-state index is 13.1. The second-order valence-corrected chi connectivity index (χ2v) is 6.05. The van der Waals surface area contributed by atoms with Crippen molar-refractivity contribution in [3.8, 4) is 22.6 Å². The van der Waals surface area contributed by atoms with Gasteiger partial charge in [-0.1, -0.05) is 13.8 Å². The molecule has 4 aromatic rings. The topological polar surface area (TPSA) is 70.2 Å². The van der Waals surface area contributed by atoms with Gasteiger partial charge in [-0.05, 0) is 42.5 Å². The molecule has 0 saturated carbocycles. The highest BCUT2D eigenvalue weighted by Gasteiger charge is 2.12. The van der Waals surface area contributed by atoms with E-state index in [0.29, 0.717) is 5.92 Å². The van der Waals surface area contributed by atoms with Gasteiger partial charge in [-0.15, -0.1) is 10.2 Å². The van der Waals surface area contributed by atoms with Crippen LogP contribution in [0.2, 0.25) is 0 Å². The van der Waals surface area contributed by atoms with Gasteiger partial charge >= 0.3 is 0 Å². The molecular weight excluding hydrogens is 305 g/mol. The van der Waals surface area contributed by atoms with Crippen molar-refractivity contribution in [2.75, 3.05) is 0 Å². The molecule has 0 spiro atoms. The summed E-state index contributed by atoms with van der Waals surface area (Å²) in [6.07, 6.45) is 0. The highest BCUT2D eigenvalue weighted by atomic mass is 19.1. The molecule has 120 valence electrons. The highest BCUT2D eigenvalue weighted by molar-refractivity contribution is 5.95. The van der Waals surface area contributed by atoms with Gasteiger partial charge in [0, 0.05) is 22.4 Å². The maximum Gasteiger partial charge on any atom is 0.161 e. The van der Waals surface area contributed by atoms with E-state index in [1.54, 1.807) is 12.1 Å². The van der Waals surface area contributed by atoms with Gasteiger partial charge in [-0.3, -0.25) is 5.10 Å². The zero-order valence-corrected chi connectivity index (χ0v) is 13.3. The van der Waals surface area contributed by atoms with Gasteiger partial charge in [-0.25, -0.2) is 4.39 Å². The summed E-state index contributed by atoms with van der Waals surface area (Å²) in [6, 6.07) is 12.3. The molecule has 24 heavy (non-hydrogen) atoms. The molecule has 0 saturated heterocycles. The van der Waals surface area contributed by atoms with E-state index in [2.05, 4.69) is 39.2 Å². The first-order valence-corrected chi connectivity index (χ1v) is 7.79. The maximum atomic E-state index is 13.1. The van der Waals surface area contributed by atoms with Gasteiger partial charge in [0.25, 0.3) is 0 Å². The van der Waals surface area contributed by atoms with Crippen LogP contribution in [0.15, 0.2) is 42.5 Å². The second-order valence-electron chi connectivity index (χ2n) is 6.05. The largest absolute Gasteiger partial charge is 0.325 e. The fourth-order valence-electron chi connectivity index (χ4n) is 2.65. The number of halogens is 1. The first kappa shape index (κ1) is 14.6. The van der Waals surface area contributed by atoms with E-state index in [-0.39, 0.29) is 5.82 Å². The van der Waals surface area contributed by atoms with Crippen LogP contribution in [0.5, 0.6) is 0 Å². The summed E-state index contributed by atoms with van der Waals surface area (Å²) in [4.78, 5) is 3.25. The number of aromatic nitrogens is 5. The lowest BCUT2D eigenvalue weighted by molar-refractivity contribution is 0.628. The van der Waals surface area contributed by atoms with Crippen molar-refractivity contribution in [3.63, 3.8) is 0 Å². The number of hydrogen-bond donors (Lipinski definition) is 2. The third-order valence-corrected chi connectivity index (χ3v) is 4.01. The number of aromatic amines is 2. The summed E-state index contributed by atoms with van der Waals surface area (Å²) in [5, 5.41) is 16.7. The normalized spacial score (nSPS) is 11.5. The van der Waals surface area contributed by atoms with Crippen molar-refractivity contribution in [2.24, 2.45) is 0 Å². The molecule has 0 amide bonds. The monoisotopic (exact) mass is 321 g/mol. The molecule has 6 heteroatoms. The van der Waals surface area contributed by atoms with Crippen molar-refractivity contribution in [2.45, 2.75) is 19.8 Å². The van der Waals surface area contributed by atoms with E-state index in [1.807, 2.05) is 18.2 Å². The molecule has 0 radical (unpaired) electrons. The second kappa shape index (κ2) is 5.56. The Bertz CT molecular complexity index is 998. The van der Waals surface area contributed by atoms with E-state index in [9.17, 15) is 4.39 Å². The van der Waals surface area contributed by atoms with Gasteiger partial charge in [0.05, 0.1) is 11.2 Å². The molecule has 4 rings (SSSR count). The van der Waals surface area contributed by atoms with Crippen molar-refractivity contribution >= 4 is 10.9 Å². The van der Waals surface area contributed by atoms with Crippen LogP contribution in [0.3, 0.4) is 0 Å². The quantitative estimate of drug-likeness (QED) is 0.592. The third-order valence-electron chi connectivity index (χ3n) is 4.01. The van der Waals surface area contributed by atoms with E-state index in [4.69, 9.17) is 0 Å². The van der Waals surface area contributed by atoms with Crippen LogP contribution in [-0.4, -0.2) is 25.4 Å². The van der Waals surface area contributed by atoms with E-state index in [1.165, 1.54) is 12.1 Å². The Balaban J connectivity index is 1.82. The van der Waals surface area contributed by atoms with Gasteiger partial charge in [0.15, 0.2) is 5.82 Å². The molecule has 2 aromatic carbocycles. The molecule has 0 aliphatic heterocycles. The Morgan fingerprint density at radius 3 is 2.42 bits per heavy atom. The van der Waals surface area contributed by atoms with Crippen LogP contribution in [0, 0.1) is 5.82 Å². The molecule has 2 aromatic heterocycles. The molecule has 0 bridgehead atoms. The Morgan fingerprint density at radius 2 is 1.71 bits per heavy atom. The molecule has 2 heterocycles. The van der Waals surface area contributed by atoms with Gasteiger partial charge in [0.1, 0.15) is 11.6 Å². The summed E-state index contributed by atoms with van der Waals surface area (Å²) >= 11 is 0. The van der Waals surface area contributed by atoms with Crippen molar-refractivity contribution < 1.29 is 4.39 Å². The number of fused-ring (bicyclic) bond motifs is 1. The molecule has 0 aliphatic rings. The van der Waals surface area contributed by atoms with Crippen molar-refractivity contribution in [1.29, 1.82) is 0 Å². The van der Waals surface area contributed by atoms with Crippen LogP contribution in [-0.2, 0) is 0 Å². The first-order chi connectivity index (χ1) is 11.6. The highest BCUT2D eigenvalue weighted by Crippen LogP contribution is 2.29. The number of hydrogen-bond acceptors (Lipinski definition) is 3. The predicted molar refractivity (Wildman–Crippen MR) is 91.0 cm³/mol. The van der Waals surface area contributed by atoms with E-state index >= 15 is 0 Å². The summed E-state index contributed by atoms with van der Waals surface area (Å²) in [7, 11) is 0. The lowest BCUT2D eigenvalue weighted by Gasteiger charge is -2.01. The molecule has 5 nitrogen and oxygen atoms in total. The van der Waals surface area contributed by atoms with Gasteiger partial charge < -0.3 is 4.98 Å². The minimum Gasteiger partial charge on any atom is -0.325 e.